The van der Waals surface area contributed by atoms with E-state index in [4.69, 9.17) is 9.47 Å². The summed E-state index contributed by atoms with van der Waals surface area (Å²) >= 11 is 2.37. The Bertz CT molecular complexity index is 760. The van der Waals surface area contributed by atoms with Gasteiger partial charge in [0.05, 0.1) is 14.2 Å². The molecule has 0 amide bonds. The first-order chi connectivity index (χ1) is 13.1. The third kappa shape index (κ3) is 4.60. The van der Waals surface area contributed by atoms with E-state index in [9.17, 15) is 0 Å². The number of nitrogens with zero attached hydrogens (tertiary/aromatic N) is 1. The first-order valence-corrected chi connectivity index (χ1v) is 10.9. The first kappa shape index (κ1) is 20.5. The molecule has 4 heteroatoms. The Morgan fingerprint density at radius 1 is 0.963 bits per heavy atom. The average Bonchev–Trinajstić information content (AvgIpc) is 2.68. The number of benzene rings is 2. The Balaban J connectivity index is 1.89. The highest BCUT2D eigenvalue weighted by Gasteiger charge is 2.33. The van der Waals surface area contributed by atoms with E-state index in [2.05, 4.69) is 65.6 Å². The van der Waals surface area contributed by atoms with E-state index in [1.54, 1.807) is 14.2 Å². The topological polar surface area (TPSA) is 21.7 Å². The summed E-state index contributed by atoms with van der Waals surface area (Å²) in [5, 5.41) is 0. The Labute approximate surface area is 177 Å². The van der Waals surface area contributed by atoms with Gasteiger partial charge in [-0.25, -0.2) is 0 Å². The van der Waals surface area contributed by atoms with Crippen LogP contribution in [-0.2, 0) is 19.4 Å². The molecule has 1 aliphatic carbocycles. The normalized spacial score (nSPS) is 19.0. The molecule has 0 saturated carbocycles. The molecule has 2 aromatic rings. The molecule has 0 fully saturated rings. The number of methoxy groups -OCH3 is 2. The molecule has 0 spiro atoms. The molecular formula is C23H30INO2. The van der Waals surface area contributed by atoms with Crippen LogP contribution in [0, 0.1) is 9.49 Å². The van der Waals surface area contributed by atoms with E-state index in [0.717, 1.165) is 43.9 Å². The summed E-state index contributed by atoms with van der Waals surface area (Å²) in [6.07, 6.45) is 3.21. The van der Waals surface area contributed by atoms with Crippen LogP contribution < -0.4 is 9.47 Å². The van der Waals surface area contributed by atoms with E-state index in [-0.39, 0.29) is 0 Å². The summed E-state index contributed by atoms with van der Waals surface area (Å²) in [6.45, 7) is 6.76. The smallest absolute Gasteiger partial charge is 0.122 e. The van der Waals surface area contributed by atoms with Gasteiger partial charge in [-0.1, -0.05) is 26.0 Å². The molecule has 0 heterocycles. The van der Waals surface area contributed by atoms with Gasteiger partial charge in [-0.15, -0.1) is 0 Å². The Morgan fingerprint density at radius 2 is 1.56 bits per heavy atom. The van der Waals surface area contributed by atoms with Crippen molar-refractivity contribution < 1.29 is 9.47 Å². The minimum absolute atomic E-state index is 0.512. The quantitative estimate of drug-likeness (QED) is 0.502. The maximum absolute atomic E-state index is 5.69. The lowest BCUT2D eigenvalue weighted by Crippen LogP contribution is -2.44. The number of fused-ring (bicyclic) bond motifs is 1. The molecule has 3 rings (SSSR count). The highest BCUT2D eigenvalue weighted by molar-refractivity contribution is 14.1. The van der Waals surface area contributed by atoms with Gasteiger partial charge in [-0.05, 0) is 84.1 Å². The lowest BCUT2D eigenvalue weighted by atomic mass is 9.79. The van der Waals surface area contributed by atoms with Crippen LogP contribution in [-0.4, -0.2) is 31.7 Å². The van der Waals surface area contributed by atoms with Crippen molar-refractivity contribution in [2.75, 3.05) is 20.8 Å². The minimum atomic E-state index is 0.512. The zero-order valence-electron chi connectivity index (χ0n) is 16.8. The second-order valence-electron chi connectivity index (χ2n) is 7.48. The van der Waals surface area contributed by atoms with E-state index >= 15 is 0 Å². The number of hydrogen-bond donors (Lipinski definition) is 0. The van der Waals surface area contributed by atoms with Crippen molar-refractivity contribution in [1.82, 2.24) is 4.90 Å². The summed E-state index contributed by atoms with van der Waals surface area (Å²) in [6, 6.07) is 13.5. The summed E-state index contributed by atoms with van der Waals surface area (Å²) in [5.41, 5.74) is 4.04. The lowest BCUT2D eigenvalue weighted by Gasteiger charge is -2.40. The van der Waals surface area contributed by atoms with Gasteiger partial charge in [0.2, 0.25) is 0 Å². The maximum atomic E-state index is 5.69. The van der Waals surface area contributed by atoms with Crippen molar-refractivity contribution in [2.45, 2.75) is 45.7 Å². The predicted molar refractivity (Wildman–Crippen MR) is 120 cm³/mol. The molecule has 2 atom stereocenters. The zero-order valence-corrected chi connectivity index (χ0v) is 19.0. The summed E-state index contributed by atoms with van der Waals surface area (Å²) in [5.74, 6) is 2.57. The molecule has 0 saturated heterocycles. The predicted octanol–water partition coefficient (Wildman–Crippen LogP) is 5.32. The summed E-state index contributed by atoms with van der Waals surface area (Å²) in [4.78, 5) is 2.66. The van der Waals surface area contributed by atoms with E-state index in [1.165, 1.54) is 20.3 Å². The second kappa shape index (κ2) is 9.28. The molecule has 2 aromatic carbocycles. The standard InChI is InChI=1S/C23H30INO2/c1-5-12-25(15-17-6-8-18(24)9-7-17)21-14-20-19(13-16(21)2)22(26-3)10-11-23(20)27-4/h6-11,16,21H,5,12-15H2,1-4H3. The Kier molecular flexibility index (Phi) is 7.04. The van der Waals surface area contributed by atoms with Crippen molar-refractivity contribution in [3.8, 4) is 11.5 Å². The van der Waals surface area contributed by atoms with Crippen LogP contribution in [0.15, 0.2) is 36.4 Å². The molecule has 0 bridgehead atoms. The van der Waals surface area contributed by atoms with E-state index in [1.807, 2.05) is 12.1 Å². The lowest BCUT2D eigenvalue weighted by molar-refractivity contribution is 0.129. The molecule has 27 heavy (non-hydrogen) atoms. The molecule has 0 aliphatic heterocycles. The molecule has 1 aliphatic rings. The molecule has 0 aromatic heterocycles. The first-order valence-electron chi connectivity index (χ1n) is 9.78. The molecule has 0 radical (unpaired) electrons. The van der Waals surface area contributed by atoms with Gasteiger partial charge >= 0.3 is 0 Å². The maximum Gasteiger partial charge on any atom is 0.122 e. The fourth-order valence-corrected chi connectivity index (χ4v) is 4.67. The number of ether oxygens (including phenoxy) is 2. The Morgan fingerprint density at radius 3 is 2.11 bits per heavy atom. The van der Waals surface area contributed by atoms with Gasteiger partial charge in [0.25, 0.3) is 0 Å². The molecule has 0 N–H and O–H groups in total. The van der Waals surface area contributed by atoms with Gasteiger partial charge < -0.3 is 9.47 Å². The van der Waals surface area contributed by atoms with Crippen LogP contribution >= 0.6 is 22.6 Å². The molecule has 146 valence electrons. The van der Waals surface area contributed by atoms with E-state index < -0.39 is 0 Å². The Hall–Kier alpha value is -1.27. The fraction of sp³-hybridized carbons (Fsp3) is 0.478. The molecule has 2 unspecified atom stereocenters. The average molecular weight is 479 g/mol. The van der Waals surface area contributed by atoms with Crippen LogP contribution in [0.2, 0.25) is 0 Å². The van der Waals surface area contributed by atoms with Gasteiger partial charge in [-0.3, -0.25) is 4.90 Å². The second-order valence-corrected chi connectivity index (χ2v) is 8.72. The van der Waals surface area contributed by atoms with Crippen LogP contribution in [0.5, 0.6) is 11.5 Å². The van der Waals surface area contributed by atoms with Crippen molar-refractivity contribution >= 4 is 22.6 Å². The van der Waals surface area contributed by atoms with Gasteiger partial charge in [0.15, 0.2) is 0 Å². The molecule has 3 nitrogen and oxygen atoms in total. The zero-order chi connectivity index (χ0) is 19.4. The van der Waals surface area contributed by atoms with Gasteiger partial charge in [0, 0.05) is 27.3 Å². The van der Waals surface area contributed by atoms with Crippen molar-refractivity contribution in [3.63, 3.8) is 0 Å². The minimum Gasteiger partial charge on any atom is -0.496 e. The number of hydrogen-bond acceptors (Lipinski definition) is 3. The van der Waals surface area contributed by atoms with Crippen molar-refractivity contribution in [1.29, 1.82) is 0 Å². The van der Waals surface area contributed by atoms with Crippen molar-refractivity contribution in [2.24, 2.45) is 5.92 Å². The van der Waals surface area contributed by atoms with Crippen molar-refractivity contribution in [3.05, 3.63) is 56.7 Å². The van der Waals surface area contributed by atoms with Gasteiger partial charge in [0.1, 0.15) is 11.5 Å². The fourth-order valence-electron chi connectivity index (χ4n) is 4.31. The monoisotopic (exact) mass is 479 g/mol. The summed E-state index contributed by atoms with van der Waals surface area (Å²) < 4.78 is 12.6. The van der Waals surface area contributed by atoms with Crippen LogP contribution in [0.4, 0.5) is 0 Å². The number of halogens is 1. The SMILES string of the molecule is CCCN(Cc1ccc(I)cc1)C1Cc2c(OC)ccc(OC)c2CC1C. The molecular weight excluding hydrogens is 449 g/mol. The third-order valence-electron chi connectivity index (χ3n) is 5.66. The number of rotatable bonds is 7. The van der Waals surface area contributed by atoms with Gasteiger partial charge in [-0.2, -0.15) is 0 Å². The van der Waals surface area contributed by atoms with Crippen LogP contribution in [0.3, 0.4) is 0 Å². The largest absolute Gasteiger partial charge is 0.496 e. The third-order valence-corrected chi connectivity index (χ3v) is 6.38. The van der Waals surface area contributed by atoms with E-state index in [0.29, 0.717) is 12.0 Å². The summed E-state index contributed by atoms with van der Waals surface area (Å²) in [7, 11) is 3.53. The van der Waals surface area contributed by atoms with Crippen LogP contribution in [0.25, 0.3) is 0 Å². The highest BCUT2D eigenvalue weighted by Crippen LogP contribution is 2.39. The van der Waals surface area contributed by atoms with Crippen LogP contribution in [0.1, 0.15) is 37.0 Å². The highest BCUT2D eigenvalue weighted by atomic mass is 127.